The van der Waals surface area contributed by atoms with E-state index in [-0.39, 0.29) is 11.3 Å². The van der Waals surface area contributed by atoms with E-state index in [4.69, 9.17) is 5.26 Å². The van der Waals surface area contributed by atoms with E-state index in [2.05, 4.69) is 4.94 Å². The van der Waals surface area contributed by atoms with Crippen molar-refractivity contribution < 1.29 is 9.47 Å². The molecule has 0 saturated heterocycles. The van der Waals surface area contributed by atoms with Gasteiger partial charge in [-0.05, 0) is 24.6 Å². The summed E-state index contributed by atoms with van der Waals surface area (Å²) in [5, 5.41) is 8.44. The molecule has 0 fully saturated rings. The van der Waals surface area contributed by atoms with Crippen LogP contribution in [0.5, 0.6) is 5.75 Å². The Labute approximate surface area is 63.7 Å². The summed E-state index contributed by atoms with van der Waals surface area (Å²) >= 11 is 0. The van der Waals surface area contributed by atoms with E-state index in [0.29, 0.717) is 0 Å². The maximum atomic E-state index is 11.7. The Balaban J connectivity index is 3.19. The van der Waals surface area contributed by atoms with Crippen LogP contribution in [0.4, 0.5) is 4.53 Å². The van der Waals surface area contributed by atoms with E-state index in [0.717, 1.165) is 5.56 Å². The number of nitrogens with zero attached hydrogens (tertiary/aromatic N) is 1. The monoisotopic (exact) mass is 151 g/mol. The summed E-state index contributed by atoms with van der Waals surface area (Å²) in [6.45, 7) is 1.80. The van der Waals surface area contributed by atoms with Crippen LogP contribution < -0.4 is 4.94 Å². The number of rotatable bonds is 1. The van der Waals surface area contributed by atoms with Crippen LogP contribution in [0.3, 0.4) is 0 Å². The number of hydrogen-bond donors (Lipinski definition) is 0. The average Bonchev–Trinajstić information content (AvgIpc) is 2.04. The first kappa shape index (κ1) is 7.55. The van der Waals surface area contributed by atoms with Crippen molar-refractivity contribution >= 4 is 0 Å². The lowest BCUT2D eigenvalue weighted by molar-refractivity contribution is -0.00660. The molecule has 0 amide bonds. The number of nitriles is 1. The summed E-state index contributed by atoms with van der Waals surface area (Å²) in [5.74, 6) is -0.0208. The minimum atomic E-state index is -0.0208. The van der Waals surface area contributed by atoms with Gasteiger partial charge in [0.1, 0.15) is 6.07 Å². The summed E-state index contributed by atoms with van der Waals surface area (Å²) < 4.78 is 11.7. The van der Waals surface area contributed by atoms with Crippen LogP contribution in [-0.4, -0.2) is 0 Å². The van der Waals surface area contributed by atoms with Crippen molar-refractivity contribution in [2.24, 2.45) is 0 Å². The van der Waals surface area contributed by atoms with E-state index in [1.165, 1.54) is 12.1 Å². The fraction of sp³-hybridized carbons (Fsp3) is 0.125. The number of benzene rings is 1. The van der Waals surface area contributed by atoms with Crippen LogP contribution in [0.1, 0.15) is 11.1 Å². The summed E-state index contributed by atoms with van der Waals surface area (Å²) in [5.41, 5.74) is 1.06. The SMILES string of the molecule is Cc1ccc(C#N)c(OF)c1. The predicted molar refractivity (Wildman–Crippen MR) is 37.6 cm³/mol. The van der Waals surface area contributed by atoms with Crippen molar-refractivity contribution in [1.29, 1.82) is 5.26 Å². The van der Waals surface area contributed by atoms with E-state index in [1.54, 1.807) is 13.0 Å². The third-order valence-corrected chi connectivity index (χ3v) is 1.34. The van der Waals surface area contributed by atoms with Crippen molar-refractivity contribution in [1.82, 2.24) is 0 Å². The summed E-state index contributed by atoms with van der Waals surface area (Å²) in [6, 6.07) is 6.52. The van der Waals surface area contributed by atoms with E-state index >= 15 is 0 Å². The Hall–Kier alpha value is -1.56. The fourth-order valence-corrected chi connectivity index (χ4v) is 0.786. The van der Waals surface area contributed by atoms with Gasteiger partial charge in [0.2, 0.25) is 0 Å². The standard InChI is InChI=1S/C8H6FNO/c1-6-2-3-7(5-10)8(4-6)11-9/h2-4H,1H3. The maximum absolute atomic E-state index is 11.7. The lowest BCUT2D eigenvalue weighted by Crippen LogP contribution is -1.83. The number of hydrogen-bond acceptors (Lipinski definition) is 2. The van der Waals surface area contributed by atoms with Crippen molar-refractivity contribution in [2.75, 3.05) is 0 Å². The highest BCUT2D eigenvalue weighted by molar-refractivity contribution is 5.44. The Morgan fingerprint density at radius 2 is 2.27 bits per heavy atom. The minimum absolute atomic E-state index is 0.0208. The van der Waals surface area contributed by atoms with Gasteiger partial charge in [0.05, 0.1) is 5.56 Å². The summed E-state index contributed by atoms with van der Waals surface area (Å²) in [4.78, 5) is 3.49. The highest BCUT2D eigenvalue weighted by Crippen LogP contribution is 2.19. The quantitative estimate of drug-likeness (QED) is 0.615. The van der Waals surface area contributed by atoms with E-state index in [1.807, 2.05) is 6.07 Å². The normalized spacial score (nSPS) is 8.82. The Morgan fingerprint density at radius 3 is 2.82 bits per heavy atom. The van der Waals surface area contributed by atoms with Crippen LogP contribution in [0.2, 0.25) is 0 Å². The molecule has 56 valence electrons. The molecule has 0 saturated carbocycles. The maximum Gasteiger partial charge on any atom is 0.189 e. The molecule has 0 aliphatic carbocycles. The van der Waals surface area contributed by atoms with Crippen LogP contribution in [0, 0.1) is 18.3 Å². The molecular weight excluding hydrogens is 145 g/mol. The van der Waals surface area contributed by atoms with E-state index < -0.39 is 0 Å². The van der Waals surface area contributed by atoms with Gasteiger partial charge in [-0.2, -0.15) is 5.26 Å². The molecule has 1 aromatic carbocycles. The molecule has 0 aliphatic heterocycles. The first-order valence-electron chi connectivity index (χ1n) is 3.07. The minimum Gasteiger partial charge on any atom is -0.293 e. The Bertz CT molecular complexity index is 303. The summed E-state index contributed by atoms with van der Waals surface area (Å²) in [6.07, 6.45) is 0. The fourth-order valence-electron chi connectivity index (χ4n) is 0.786. The van der Waals surface area contributed by atoms with Crippen LogP contribution in [0.25, 0.3) is 0 Å². The van der Waals surface area contributed by atoms with Crippen LogP contribution in [-0.2, 0) is 0 Å². The van der Waals surface area contributed by atoms with Crippen LogP contribution in [0.15, 0.2) is 18.2 Å². The predicted octanol–water partition coefficient (Wildman–Crippen LogP) is 2.13. The molecular formula is C8H6FNO. The van der Waals surface area contributed by atoms with Crippen molar-refractivity contribution in [3.05, 3.63) is 29.3 Å². The first-order chi connectivity index (χ1) is 5.27. The smallest absolute Gasteiger partial charge is 0.189 e. The number of halogens is 1. The molecule has 1 rings (SSSR count). The zero-order valence-electron chi connectivity index (χ0n) is 5.97. The zero-order chi connectivity index (χ0) is 8.27. The lowest BCUT2D eigenvalue weighted by Gasteiger charge is -1.97. The molecule has 11 heavy (non-hydrogen) atoms. The largest absolute Gasteiger partial charge is 0.293 e. The molecule has 2 nitrogen and oxygen atoms in total. The second kappa shape index (κ2) is 3.02. The molecule has 1 aromatic rings. The van der Waals surface area contributed by atoms with Gasteiger partial charge in [-0.15, -0.1) is 0 Å². The molecule has 0 unspecified atom stereocenters. The molecule has 0 spiro atoms. The molecule has 0 atom stereocenters. The van der Waals surface area contributed by atoms with Crippen molar-refractivity contribution in [2.45, 2.75) is 6.92 Å². The van der Waals surface area contributed by atoms with Crippen molar-refractivity contribution in [3.63, 3.8) is 0 Å². The number of aryl methyl sites for hydroxylation is 1. The lowest BCUT2D eigenvalue weighted by atomic mass is 10.1. The molecule has 0 heterocycles. The summed E-state index contributed by atoms with van der Waals surface area (Å²) in [7, 11) is 0. The van der Waals surface area contributed by atoms with Gasteiger partial charge in [-0.25, -0.2) is 0 Å². The molecule has 0 aliphatic rings. The molecule has 0 aromatic heterocycles. The second-order valence-corrected chi connectivity index (χ2v) is 2.19. The third-order valence-electron chi connectivity index (χ3n) is 1.34. The van der Waals surface area contributed by atoms with Gasteiger partial charge in [-0.1, -0.05) is 6.07 Å². The van der Waals surface area contributed by atoms with Crippen LogP contribution >= 0.6 is 0 Å². The van der Waals surface area contributed by atoms with Gasteiger partial charge in [0, 0.05) is 4.53 Å². The third kappa shape index (κ3) is 1.47. The second-order valence-electron chi connectivity index (χ2n) is 2.19. The van der Waals surface area contributed by atoms with Crippen molar-refractivity contribution in [3.8, 4) is 11.8 Å². The Morgan fingerprint density at radius 1 is 1.55 bits per heavy atom. The molecule has 0 radical (unpaired) electrons. The van der Waals surface area contributed by atoms with Gasteiger partial charge < -0.3 is 0 Å². The van der Waals surface area contributed by atoms with Gasteiger partial charge in [0.15, 0.2) is 5.75 Å². The molecule has 0 bridgehead atoms. The van der Waals surface area contributed by atoms with Gasteiger partial charge in [0.25, 0.3) is 0 Å². The highest BCUT2D eigenvalue weighted by Gasteiger charge is 2.02. The van der Waals surface area contributed by atoms with E-state index in [9.17, 15) is 4.53 Å². The average molecular weight is 151 g/mol. The van der Waals surface area contributed by atoms with Gasteiger partial charge >= 0.3 is 0 Å². The Kier molecular flexibility index (Phi) is 2.07. The highest BCUT2D eigenvalue weighted by atomic mass is 19.3. The van der Waals surface area contributed by atoms with Gasteiger partial charge in [-0.3, -0.25) is 4.94 Å². The topological polar surface area (TPSA) is 33.0 Å². The first-order valence-corrected chi connectivity index (χ1v) is 3.07. The zero-order valence-corrected chi connectivity index (χ0v) is 5.97. The molecule has 0 N–H and O–H groups in total. The molecule has 3 heteroatoms.